The molecule has 0 spiro atoms. The number of nitrogens with zero attached hydrogens (tertiary/aromatic N) is 5. The van der Waals surface area contributed by atoms with E-state index in [1.807, 2.05) is 0 Å². The van der Waals surface area contributed by atoms with Crippen molar-refractivity contribution in [3.63, 3.8) is 0 Å². The molecule has 0 aliphatic heterocycles. The first-order valence-corrected chi connectivity index (χ1v) is 13.0. The number of hydrogen-bond donors (Lipinski definition) is 3. The van der Waals surface area contributed by atoms with E-state index in [9.17, 15) is 23.9 Å². The third kappa shape index (κ3) is 7.88. The van der Waals surface area contributed by atoms with Gasteiger partial charge in [0, 0.05) is 41.7 Å². The molecule has 4 rings (SSSR count). The Bertz CT molecular complexity index is 1640. The number of fused-ring (bicyclic) bond motifs is 1. The number of rotatable bonds is 11. The van der Waals surface area contributed by atoms with Gasteiger partial charge in [-0.25, -0.2) is 14.5 Å². The number of hydrogen-bond acceptors (Lipinski definition) is 9. The highest BCUT2D eigenvalue weighted by atomic mass is 19.3. The molecule has 0 aliphatic carbocycles. The summed E-state index contributed by atoms with van der Waals surface area (Å²) in [6.07, 6.45) is 2.97. The summed E-state index contributed by atoms with van der Waals surface area (Å²) in [6, 6.07) is 12.0. The maximum absolute atomic E-state index is 12.9. The minimum atomic E-state index is -3.05. The van der Waals surface area contributed by atoms with Crippen LogP contribution in [-0.4, -0.2) is 56.0 Å². The Balaban J connectivity index is 1.62. The van der Waals surface area contributed by atoms with Crippen molar-refractivity contribution in [1.82, 2.24) is 24.9 Å². The summed E-state index contributed by atoms with van der Waals surface area (Å²) in [5.74, 6) is 0.494. The standard InChI is InChI=1S/C29H31F2N7O4/c1-17-8-19(26(39)34-15-29(4,5)40)10-23(35-17)36-24-11-20-9-18(6-7-38(20)37-24)21-12-25(42-27(30)31)33-13-22(21)41-16-28(2,3)14-32/h6-13,27,40H,15-16H2,1-5H3,(H,34,39)(H,35,36,37). The summed E-state index contributed by atoms with van der Waals surface area (Å²) < 4.78 is 37.7. The number of halogens is 2. The lowest BCUT2D eigenvalue weighted by Gasteiger charge is -2.18. The fraction of sp³-hybridized carbons (Fsp3) is 0.345. The van der Waals surface area contributed by atoms with Gasteiger partial charge >= 0.3 is 6.61 Å². The SMILES string of the molecule is Cc1cc(C(=O)NCC(C)(C)O)cc(Nc2cc3cc(-c4cc(OC(F)F)ncc4OCC(C)(C)C#N)ccn3n2)n1. The van der Waals surface area contributed by atoms with Gasteiger partial charge in [-0.3, -0.25) is 4.79 Å². The molecule has 0 bridgehead atoms. The van der Waals surface area contributed by atoms with Crippen LogP contribution >= 0.6 is 0 Å². The zero-order chi connectivity index (χ0) is 30.7. The second kappa shape index (κ2) is 12.0. The second-order valence-electron chi connectivity index (χ2n) is 11.0. The Labute approximate surface area is 241 Å². The molecule has 0 saturated heterocycles. The Morgan fingerprint density at radius 3 is 2.62 bits per heavy atom. The van der Waals surface area contributed by atoms with Crippen LogP contribution in [0.5, 0.6) is 11.6 Å². The van der Waals surface area contributed by atoms with Crippen molar-refractivity contribution in [1.29, 1.82) is 5.26 Å². The van der Waals surface area contributed by atoms with Crippen LogP contribution in [0.2, 0.25) is 0 Å². The van der Waals surface area contributed by atoms with E-state index in [1.165, 1.54) is 12.3 Å². The van der Waals surface area contributed by atoms with Gasteiger partial charge in [-0.1, -0.05) is 0 Å². The maximum atomic E-state index is 12.9. The summed E-state index contributed by atoms with van der Waals surface area (Å²) in [6.45, 7) is 5.47. The van der Waals surface area contributed by atoms with E-state index in [4.69, 9.17) is 4.74 Å². The number of aryl methyl sites for hydroxylation is 1. The summed E-state index contributed by atoms with van der Waals surface area (Å²) >= 11 is 0. The first kappa shape index (κ1) is 30.1. The average Bonchev–Trinajstić information content (AvgIpc) is 3.31. The van der Waals surface area contributed by atoms with Gasteiger partial charge < -0.3 is 25.2 Å². The summed E-state index contributed by atoms with van der Waals surface area (Å²) in [5, 5.41) is 29.5. The zero-order valence-electron chi connectivity index (χ0n) is 23.8. The first-order valence-electron chi connectivity index (χ1n) is 13.0. The molecule has 0 fully saturated rings. The Morgan fingerprint density at radius 1 is 1.17 bits per heavy atom. The van der Waals surface area contributed by atoms with Crippen LogP contribution in [0.4, 0.5) is 20.4 Å². The predicted octanol–water partition coefficient (Wildman–Crippen LogP) is 4.87. The van der Waals surface area contributed by atoms with Gasteiger partial charge in [0.2, 0.25) is 5.88 Å². The lowest BCUT2D eigenvalue weighted by Crippen LogP contribution is -2.38. The van der Waals surface area contributed by atoms with Crippen LogP contribution in [0.3, 0.4) is 0 Å². The number of anilines is 2. The monoisotopic (exact) mass is 579 g/mol. The third-order valence-corrected chi connectivity index (χ3v) is 5.87. The molecule has 4 aromatic heterocycles. The van der Waals surface area contributed by atoms with Gasteiger partial charge in [-0.2, -0.15) is 19.1 Å². The van der Waals surface area contributed by atoms with E-state index >= 15 is 0 Å². The Hall–Kier alpha value is -4.83. The van der Waals surface area contributed by atoms with E-state index in [0.29, 0.717) is 45.3 Å². The summed E-state index contributed by atoms with van der Waals surface area (Å²) in [7, 11) is 0. The molecular weight excluding hydrogens is 548 g/mol. The van der Waals surface area contributed by atoms with Gasteiger partial charge in [0.05, 0.1) is 28.8 Å². The van der Waals surface area contributed by atoms with Crippen molar-refractivity contribution in [3.05, 3.63) is 60.0 Å². The van der Waals surface area contributed by atoms with Crippen LogP contribution < -0.4 is 20.1 Å². The highest BCUT2D eigenvalue weighted by molar-refractivity contribution is 5.95. The van der Waals surface area contributed by atoms with Crippen molar-refractivity contribution in [2.75, 3.05) is 18.5 Å². The number of pyridine rings is 3. The molecule has 0 unspecified atom stereocenters. The molecule has 0 radical (unpaired) electrons. The molecule has 4 heterocycles. The molecule has 0 saturated carbocycles. The Morgan fingerprint density at radius 2 is 1.93 bits per heavy atom. The van der Waals surface area contributed by atoms with Crippen LogP contribution in [0.15, 0.2) is 48.8 Å². The number of nitrogens with one attached hydrogen (secondary N) is 2. The first-order chi connectivity index (χ1) is 19.7. The molecule has 220 valence electrons. The highest BCUT2D eigenvalue weighted by Crippen LogP contribution is 2.34. The average molecular weight is 580 g/mol. The molecule has 13 heteroatoms. The van der Waals surface area contributed by atoms with E-state index in [0.717, 1.165) is 0 Å². The van der Waals surface area contributed by atoms with Crippen LogP contribution in [-0.2, 0) is 0 Å². The number of amides is 1. The van der Waals surface area contributed by atoms with Gasteiger partial charge in [-0.15, -0.1) is 0 Å². The molecule has 3 N–H and O–H groups in total. The number of aliphatic hydroxyl groups is 1. The fourth-order valence-corrected chi connectivity index (χ4v) is 3.83. The van der Waals surface area contributed by atoms with Gasteiger partial charge in [-0.05, 0) is 64.4 Å². The molecule has 4 aromatic rings. The van der Waals surface area contributed by atoms with E-state index in [1.54, 1.807) is 75.7 Å². The minimum Gasteiger partial charge on any atom is -0.490 e. The molecule has 0 aromatic carbocycles. The Kier molecular flexibility index (Phi) is 8.58. The molecule has 11 nitrogen and oxygen atoms in total. The van der Waals surface area contributed by atoms with Gasteiger partial charge in [0.25, 0.3) is 5.91 Å². The number of alkyl halides is 2. The van der Waals surface area contributed by atoms with Crippen molar-refractivity contribution in [2.24, 2.45) is 5.41 Å². The highest BCUT2D eigenvalue weighted by Gasteiger charge is 2.21. The van der Waals surface area contributed by atoms with Crippen molar-refractivity contribution in [3.8, 4) is 28.8 Å². The number of aromatic nitrogens is 4. The van der Waals surface area contributed by atoms with E-state index in [-0.39, 0.29) is 24.9 Å². The van der Waals surface area contributed by atoms with Crippen LogP contribution in [0, 0.1) is 23.7 Å². The molecule has 42 heavy (non-hydrogen) atoms. The topological polar surface area (TPSA) is 147 Å². The minimum absolute atomic E-state index is 0.0531. The molecule has 0 aliphatic rings. The lowest BCUT2D eigenvalue weighted by molar-refractivity contribution is -0.0528. The van der Waals surface area contributed by atoms with Crippen molar-refractivity contribution in [2.45, 2.75) is 46.8 Å². The quantitative estimate of drug-likeness (QED) is 0.226. The molecule has 1 amide bonds. The molecular formula is C29H31F2N7O4. The van der Waals surface area contributed by atoms with Crippen LogP contribution in [0.1, 0.15) is 43.7 Å². The van der Waals surface area contributed by atoms with Crippen molar-refractivity contribution < 1.29 is 28.2 Å². The number of nitriles is 1. The molecule has 0 atom stereocenters. The van der Waals surface area contributed by atoms with Crippen LogP contribution in [0.25, 0.3) is 16.6 Å². The number of ether oxygens (including phenoxy) is 2. The zero-order valence-corrected chi connectivity index (χ0v) is 23.8. The number of carbonyl (C=O) groups excluding carboxylic acids is 1. The van der Waals surface area contributed by atoms with Gasteiger partial charge in [0.15, 0.2) is 5.82 Å². The van der Waals surface area contributed by atoms with Gasteiger partial charge in [0.1, 0.15) is 18.2 Å². The maximum Gasteiger partial charge on any atom is 0.388 e. The third-order valence-electron chi connectivity index (χ3n) is 5.87. The van der Waals surface area contributed by atoms with E-state index < -0.39 is 17.6 Å². The van der Waals surface area contributed by atoms with Crippen molar-refractivity contribution >= 4 is 23.1 Å². The normalized spacial score (nSPS) is 11.8. The summed E-state index contributed by atoms with van der Waals surface area (Å²) in [5.41, 5.74) is 0.836. The predicted molar refractivity (Wildman–Crippen MR) is 151 cm³/mol. The second-order valence-corrected chi connectivity index (χ2v) is 11.0. The summed E-state index contributed by atoms with van der Waals surface area (Å²) in [4.78, 5) is 21.0. The number of carbonyl (C=O) groups is 1. The smallest absolute Gasteiger partial charge is 0.388 e. The fourth-order valence-electron chi connectivity index (χ4n) is 3.83. The largest absolute Gasteiger partial charge is 0.490 e. The lowest BCUT2D eigenvalue weighted by atomic mass is 9.97. The van der Waals surface area contributed by atoms with E-state index in [2.05, 4.69) is 36.5 Å².